The third-order valence-corrected chi connectivity index (χ3v) is 4.22. The summed E-state index contributed by atoms with van der Waals surface area (Å²) in [6.07, 6.45) is 0.207. The number of hydrogen-bond donors (Lipinski definition) is 1. The van der Waals surface area contributed by atoms with Crippen molar-refractivity contribution in [1.82, 2.24) is 4.57 Å². The third-order valence-electron chi connectivity index (χ3n) is 4.22. The van der Waals surface area contributed by atoms with Gasteiger partial charge in [-0.15, -0.1) is 0 Å². The zero-order valence-corrected chi connectivity index (χ0v) is 12.1. The standard InChI is InChI=1S/C15H16N2O4/c1-6-10-13(14(19)7(2)11(16)15(10)20)17-5-4-9(12(6)17)21-8(3)18/h9H,4-5,16H2,1-3H3. The fourth-order valence-electron chi connectivity index (χ4n) is 3.23. The normalized spacial score (nSPS) is 20.6. The van der Waals surface area contributed by atoms with Gasteiger partial charge in [-0.2, -0.15) is 0 Å². The highest BCUT2D eigenvalue weighted by atomic mass is 16.5. The fraction of sp³-hybridized carbons (Fsp3) is 0.400. The summed E-state index contributed by atoms with van der Waals surface area (Å²) in [4.78, 5) is 36.0. The lowest BCUT2D eigenvalue weighted by Gasteiger charge is -2.15. The minimum atomic E-state index is -0.407. The van der Waals surface area contributed by atoms with Gasteiger partial charge in [0.15, 0.2) is 0 Å². The Morgan fingerprint density at radius 2 is 1.95 bits per heavy atom. The summed E-state index contributed by atoms with van der Waals surface area (Å²) >= 11 is 0. The van der Waals surface area contributed by atoms with Crippen molar-refractivity contribution in [2.24, 2.45) is 5.73 Å². The molecule has 0 radical (unpaired) electrons. The third kappa shape index (κ3) is 1.68. The van der Waals surface area contributed by atoms with Crippen LogP contribution >= 0.6 is 0 Å². The number of carbonyl (C=O) groups excluding carboxylic acids is 3. The number of allylic oxidation sites excluding steroid dienone is 2. The lowest BCUT2D eigenvalue weighted by Crippen LogP contribution is -2.26. The molecule has 1 aromatic heterocycles. The van der Waals surface area contributed by atoms with E-state index >= 15 is 0 Å². The summed E-state index contributed by atoms with van der Waals surface area (Å²) in [7, 11) is 0. The summed E-state index contributed by atoms with van der Waals surface area (Å²) in [5, 5.41) is 0. The average Bonchev–Trinajstić information content (AvgIpc) is 2.94. The van der Waals surface area contributed by atoms with Crippen LogP contribution in [0, 0.1) is 6.92 Å². The van der Waals surface area contributed by atoms with Crippen LogP contribution in [0.4, 0.5) is 0 Å². The molecule has 3 rings (SSSR count). The second kappa shape index (κ2) is 4.31. The van der Waals surface area contributed by atoms with Crippen LogP contribution in [0.15, 0.2) is 11.3 Å². The summed E-state index contributed by atoms with van der Waals surface area (Å²) in [6.45, 7) is 5.23. The second-order valence-electron chi connectivity index (χ2n) is 5.47. The van der Waals surface area contributed by atoms with Gasteiger partial charge in [0, 0.05) is 25.5 Å². The number of Topliss-reactive ketones (excluding diaryl/α,β-unsaturated/α-hetero) is 2. The van der Waals surface area contributed by atoms with Crippen molar-refractivity contribution in [1.29, 1.82) is 0 Å². The van der Waals surface area contributed by atoms with Crippen LogP contribution in [0.1, 0.15) is 58.5 Å². The van der Waals surface area contributed by atoms with Crippen LogP contribution in [-0.4, -0.2) is 22.1 Å². The molecule has 2 heterocycles. The summed E-state index contributed by atoms with van der Waals surface area (Å²) in [5.74, 6) is -0.915. The molecule has 0 amide bonds. The fourth-order valence-corrected chi connectivity index (χ4v) is 3.23. The van der Waals surface area contributed by atoms with Gasteiger partial charge in [-0.25, -0.2) is 0 Å². The minimum absolute atomic E-state index is 0.00362. The Balaban J connectivity index is 2.21. The molecule has 1 aromatic rings. The first kappa shape index (κ1) is 13.6. The maximum absolute atomic E-state index is 12.5. The van der Waals surface area contributed by atoms with Crippen LogP contribution in [0.3, 0.4) is 0 Å². The van der Waals surface area contributed by atoms with Crippen molar-refractivity contribution in [3.8, 4) is 0 Å². The molecule has 110 valence electrons. The molecule has 0 saturated heterocycles. The minimum Gasteiger partial charge on any atom is -0.456 e. The lowest BCUT2D eigenvalue weighted by atomic mass is 9.90. The molecule has 0 saturated carbocycles. The van der Waals surface area contributed by atoms with E-state index in [2.05, 4.69) is 0 Å². The first-order valence-corrected chi connectivity index (χ1v) is 6.80. The Kier molecular flexibility index (Phi) is 2.79. The molecule has 1 aliphatic carbocycles. The van der Waals surface area contributed by atoms with Gasteiger partial charge in [-0.1, -0.05) is 0 Å². The predicted octanol–water partition coefficient (Wildman–Crippen LogP) is 1.42. The van der Waals surface area contributed by atoms with Crippen molar-refractivity contribution in [3.05, 3.63) is 33.8 Å². The van der Waals surface area contributed by atoms with E-state index in [1.807, 2.05) is 0 Å². The van der Waals surface area contributed by atoms with Crippen LogP contribution in [0.2, 0.25) is 0 Å². The van der Waals surface area contributed by atoms with Crippen LogP contribution in [0.25, 0.3) is 0 Å². The van der Waals surface area contributed by atoms with Gasteiger partial charge >= 0.3 is 5.97 Å². The molecule has 1 aliphatic heterocycles. The number of rotatable bonds is 1. The number of ether oxygens (including phenoxy) is 1. The molecule has 0 bridgehead atoms. The summed E-state index contributed by atoms with van der Waals surface area (Å²) in [6, 6.07) is 0. The number of carbonyl (C=O) groups is 3. The van der Waals surface area contributed by atoms with E-state index in [-0.39, 0.29) is 28.8 Å². The van der Waals surface area contributed by atoms with Crippen LogP contribution in [-0.2, 0) is 16.1 Å². The van der Waals surface area contributed by atoms with Crippen molar-refractivity contribution >= 4 is 17.5 Å². The molecule has 1 atom stereocenters. The molecular formula is C15H16N2O4. The smallest absolute Gasteiger partial charge is 0.303 e. The van der Waals surface area contributed by atoms with Crippen molar-refractivity contribution < 1.29 is 19.1 Å². The molecular weight excluding hydrogens is 272 g/mol. The van der Waals surface area contributed by atoms with Gasteiger partial charge in [-0.05, 0) is 19.4 Å². The zero-order valence-electron chi connectivity index (χ0n) is 12.1. The molecule has 2 N–H and O–H groups in total. The maximum atomic E-state index is 12.5. The van der Waals surface area contributed by atoms with E-state index in [4.69, 9.17) is 10.5 Å². The highest BCUT2D eigenvalue weighted by Crippen LogP contribution is 2.40. The number of esters is 1. The zero-order chi connectivity index (χ0) is 15.5. The summed E-state index contributed by atoms with van der Waals surface area (Å²) < 4.78 is 7.09. The molecule has 0 spiro atoms. The van der Waals surface area contributed by atoms with Crippen LogP contribution < -0.4 is 5.73 Å². The Labute approximate surface area is 121 Å². The molecule has 0 aromatic carbocycles. The van der Waals surface area contributed by atoms with Crippen LogP contribution in [0.5, 0.6) is 0 Å². The van der Waals surface area contributed by atoms with E-state index in [0.29, 0.717) is 29.8 Å². The van der Waals surface area contributed by atoms with Gasteiger partial charge in [0.25, 0.3) is 0 Å². The summed E-state index contributed by atoms with van der Waals surface area (Å²) in [5.41, 5.74) is 8.19. The first-order chi connectivity index (χ1) is 9.84. The molecule has 1 unspecified atom stereocenters. The molecule has 2 aliphatic rings. The second-order valence-corrected chi connectivity index (χ2v) is 5.47. The quantitative estimate of drug-likeness (QED) is 0.789. The highest BCUT2D eigenvalue weighted by molar-refractivity contribution is 6.26. The van der Waals surface area contributed by atoms with Gasteiger partial charge in [0.1, 0.15) is 11.8 Å². The Morgan fingerprint density at radius 3 is 2.57 bits per heavy atom. The van der Waals surface area contributed by atoms with Crippen molar-refractivity contribution in [3.63, 3.8) is 0 Å². The van der Waals surface area contributed by atoms with Gasteiger partial charge in [0.05, 0.1) is 17.0 Å². The van der Waals surface area contributed by atoms with Crippen molar-refractivity contribution in [2.45, 2.75) is 39.8 Å². The number of fused-ring (bicyclic) bond motifs is 3. The van der Waals surface area contributed by atoms with Gasteiger partial charge in [-0.3, -0.25) is 14.4 Å². The molecule has 6 heteroatoms. The SMILES string of the molecule is CC(=O)OC1CCn2c3c(c(C)c21)C(=O)C(N)=C(C)C3=O. The number of nitrogens with two attached hydrogens (primary N) is 1. The van der Waals surface area contributed by atoms with Crippen molar-refractivity contribution in [2.75, 3.05) is 0 Å². The number of ketones is 2. The average molecular weight is 288 g/mol. The number of aromatic nitrogens is 1. The molecule has 0 fully saturated rings. The van der Waals surface area contributed by atoms with E-state index in [1.54, 1.807) is 18.4 Å². The van der Waals surface area contributed by atoms with Gasteiger partial charge in [0.2, 0.25) is 11.6 Å². The maximum Gasteiger partial charge on any atom is 0.303 e. The monoisotopic (exact) mass is 288 g/mol. The predicted molar refractivity (Wildman–Crippen MR) is 73.8 cm³/mol. The van der Waals surface area contributed by atoms with E-state index in [1.165, 1.54) is 6.92 Å². The van der Waals surface area contributed by atoms with E-state index in [9.17, 15) is 14.4 Å². The Hall–Kier alpha value is -2.37. The van der Waals surface area contributed by atoms with Gasteiger partial charge < -0.3 is 15.0 Å². The van der Waals surface area contributed by atoms with E-state index in [0.717, 1.165) is 5.69 Å². The molecule has 21 heavy (non-hydrogen) atoms. The van der Waals surface area contributed by atoms with E-state index < -0.39 is 6.10 Å². The number of nitrogens with zero attached hydrogens (tertiary/aromatic N) is 1. The lowest BCUT2D eigenvalue weighted by molar-refractivity contribution is -0.146. The largest absolute Gasteiger partial charge is 0.456 e. The Morgan fingerprint density at radius 1 is 1.29 bits per heavy atom. The first-order valence-electron chi connectivity index (χ1n) is 6.80. The molecule has 6 nitrogen and oxygen atoms in total. The highest BCUT2D eigenvalue weighted by Gasteiger charge is 2.40. The Bertz CT molecular complexity index is 739. The topological polar surface area (TPSA) is 91.4 Å². The number of hydrogen-bond acceptors (Lipinski definition) is 5.